The lowest BCUT2D eigenvalue weighted by Gasteiger charge is -2.22. The van der Waals surface area contributed by atoms with E-state index in [1.165, 1.54) is 6.07 Å². The van der Waals surface area contributed by atoms with Crippen molar-refractivity contribution in [2.75, 3.05) is 14.2 Å². The van der Waals surface area contributed by atoms with Gasteiger partial charge in [0.15, 0.2) is 6.29 Å². The fraction of sp³-hybridized carbons (Fsp3) is 0.500. The second-order valence-corrected chi connectivity index (χ2v) is 4.75. The van der Waals surface area contributed by atoms with Crippen LogP contribution in [0, 0.1) is 0 Å². The predicted octanol–water partition coefficient (Wildman–Crippen LogP) is 2.80. The van der Waals surface area contributed by atoms with Gasteiger partial charge in [0.05, 0.1) is 11.1 Å². The highest BCUT2D eigenvalue weighted by Gasteiger charge is 2.16. The van der Waals surface area contributed by atoms with Crippen LogP contribution in [-0.2, 0) is 16.0 Å². The van der Waals surface area contributed by atoms with Gasteiger partial charge in [0.25, 0.3) is 0 Å². The van der Waals surface area contributed by atoms with Crippen molar-refractivity contribution in [3.8, 4) is 5.75 Å². The average Bonchev–Trinajstić information content (AvgIpc) is 2.33. The van der Waals surface area contributed by atoms with E-state index in [9.17, 15) is 5.11 Å². The van der Waals surface area contributed by atoms with Crippen LogP contribution < -0.4 is 5.32 Å². The highest BCUT2D eigenvalue weighted by molar-refractivity contribution is 6.35. The summed E-state index contributed by atoms with van der Waals surface area (Å²) in [6, 6.07) is 3.12. The summed E-state index contributed by atoms with van der Waals surface area (Å²) in [6.07, 6.45) is -0.359. The summed E-state index contributed by atoms with van der Waals surface area (Å²) in [7, 11) is 3.14. The summed E-state index contributed by atoms with van der Waals surface area (Å²) in [5.41, 5.74) is 0.630. The van der Waals surface area contributed by atoms with E-state index >= 15 is 0 Å². The number of aromatic hydroxyl groups is 1. The van der Waals surface area contributed by atoms with Gasteiger partial charge in [-0.3, -0.25) is 0 Å². The van der Waals surface area contributed by atoms with Crippen molar-refractivity contribution in [2.45, 2.75) is 25.8 Å². The molecule has 4 nitrogen and oxygen atoms in total. The van der Waals surface area contributed by atoms with E-state index in [1.54, 1.807) is 20.3 Å². The van der Waals surface area contributed by atoms with Gasteiger partial charge in [-0.25, -0.2) is 0 Å². The molecule has 0 aliphatic heterocycles. The Balaban J connectivity index is 2.69. The van der Waals surface area contributed by atoms with Crippen LogP contribution in [0.3, 0.4) is 0 Å². The lowest BCUT2D eigenvalue weighted by atomic mass is 10.2. The van der Waals surface area contributed by atoms with E-state index in [2.05, 4.69) is 5.32 Å². The zero-order valence-electron chi connectivity index (χ0n) is 10.5. The molecule has 0 spiro atoms. The topological polar surface area (TPSA) is 50.7 Å². The summed E-state index contributed by atoms with van der Waals surface area (Å²) in [5.74, 6) is 0.0344. The molecule has 1 aromatic carbocycles. The first-order chi connectivity index (χ1) is 8.49. The van der Waals surface area contributed by atoms with Crippen molar-refractivity contribution in [3.05, 3.63) is 27.7 Å². The van der Waals surface area contributed by atoms with E-state index in [4.69, 9.17) is 32.7 Å². The number of benzene rings is 1. The van der Waals surface area contributed by atoms with Crippen LogP contribution in [0.15, 0.2) is 12.1 Å². The lowest BCUT2D eigenvalue weighted by Crippen LogP contribution is -2.39. The van der Waals surface area contributed by atoms with Gasteiger partial charge in [-0.15, -0.1) is 0 Å². The van der Waals surface area contributed by atoms with Crippen LogP contribution in [0.25, 0.3) is 0 Å². The number of methoxy groups -OCH3 is 2. The summed E-state index contributed by atoms with van der Waals surface area (Å²) in [4.78, 5) is 0. The monoisotopic (exact) mass is 293 g/mol. The number of phenols is 1. The normalized spacial score (nSPS) is 13.0. The predicted molar refractivity (Wildman–Crippen MR) is 72.2 cm³/mol. The molecule has 6 heteroatoms. The summed E-state index contributed by atoms with van der Waals surface area (Å²) >= 11 is 11.7. The van der Waals surface area contributed by atoms with Gasteiger partial charge in [0.1, 0.15) is 5.75 Å². The Bertz CT molecular complexity index is 397. The van der Waals surface area contributed by atoms with E-state index in [0.717, 1.165) is 0 Å². The Morgan fingerprint density at radius 1 is 1.28 bits per heavy atom. The van der Waals surface area contributed by atoms with E-state index < -0.39 is 0 Å². The molecular weight excluding hydrogens is 277 g/mol. The van der Waals surface area contributed by atoms with Gasteiger partial charge < -0.3 is 19.9 Å². The molecular formula is C12H17Cl2NO3. The molecule has 0 aliphatic rings. The largest absolute Gasteiger partial charge is 0.506 e. The SMILES string of the molecule is COC(OC)C(C)NCc1cc(Cl)cc(Cl)c1O. The minimum absolute atomic E-state index is 0.0344. The molecule has 2 N–H and O–H groups in total. The van der Waals surface area contributed by atoms with Gasteiger partial charge in [0.2, 0.25) is 0 Å². The quantitative estimate of drug-likeness (QED) is 0.792. The third-order valence-corrected chi connectivity index (χ3v) is 3.10. The molecule has 0 bridgehead atoms. The van der Waals surface area contributed by atoms with Crippen LogP contribution in [-0.4, -0.2) is 31.7 Å². The minimum atomic E-state index is -0.359. The maximum Gasteiger partial charge on any atom is 0.171 e. The van der Waals surface area contributed by atoms with Crippen molar-refractivity contribution < 1.29 is 14.6 Å². The molecule has 1 unspecified atom stereocenters. The molecule has 1 atom stereocenters. The van der Waals surface area contributed by atoms with Crippen LogP contribution in [0.1, 0.15) is 12.5 Å². The molecule has 1 rings (SSSR count). The molecule has 1 aromatic rings. The van der Waals surface area contributed by atoms with Crippen LogP contribution >= 0.6 is 23.2 Å². The number of halogens is 2. The standard InChI is InChI=1S/C12H17Cl2NO3/c1-7(12(17-2)18-3)15-6-8-4-9(13)5-10(14)11(8)16/h4-5,7,12,15-16H,6H2,1-3H3. The van der Waals surface area contributed by atoms with E-state index in [1.807, 2.05) is 6.92 Å². The van der Waals surface area contributed by atoms with Crippen molar-refractivity contribution in [1.29, 1.82) is 0 Å². The maximum atomic E-state index is 9.79. The number of nitrogens with one attached hydrogen (secondary N) is 1. The molecule has 0 aromatic heterocycles. The smallest absolute Gasteiger partial charge is 0.171 e. The third-order valence-electron chi connectivity index (χ3n) is 2.59. The second kappa shape index (κ2) is 7.16. The molecule has 0 radical (unpaired) electrons. The highest BCUT2D eigenvalue weighted by atomic mass is 35.5. The lowest BCUT2D eigenvalue weighted by molar-refractivity contribution is -0.119. The molecule has 0 heterocycles. The second-order valence-electron chi connectivity index (χ2n) is 3.90. The molecule has 0 saturated carbocycles. The number of hydrogen-bond acceptors (Lipinski definition) is 4. The van der Waals surface area contributed by atoms with Gasteiger partial charge in [-0.2, -0.15) is 0 Å². The molecule has 18 heavy (non-hydrogen) atoms. The Morgan fingerprint density at radius 3 is 2.44 bits per heavy atom. The van der Waals surface area contributed by atoms with Crippen LogP contribution in [0.2, 0.25) is 10.0 Å². The highest BCUT2D eigenvalue weighted by Crippen LogP contribution is 2.31. The average molecular weight is 294 g/mol. The number of phenolic OH excluding ortho intramolecular Hbond substituents is 1. The number of hydrogen-bond donors (Lipinski definition) is 2. The van der Waals surface area contributed by atoms with Gasteiger partial charge in [-0.1, -0.05) is 23.2 Å². The van der Waals surface area contributed by atoms with Crippen molar-refractivity contribution in [3.63, 3.8) is 0 Å². The zero-order valence-corrected chi connectivity index (χ0v) is 12.0. The molecule has 0 amide bonds. The molecule has 0 aliphatic carbocycles. The van der Waals surface area contributed by atoms with Crippen LogP contribution in [0.5, 0.6) is 5.75 Å². The number of rotatable bonds is 6. The molecule has 0 fully saturated rings. The Morgan fingerprint density at radius 2 is 1.89 bits per heavy atom. The third kappa shape index (κ3) is 4.00. The Labute approximate surface area is 117 Å². The number of ether oxygens (including phenoxy) is 2. The fourth-order valence-corrected chi connectivity index (χ4v) is 2.16. The van der Waals surface area contributed by atoms with Gasteiger partial charge in [0, 0.05) is 31.4 Å². The van der Waals surface area contributed by atoms with Crippen molar-refractivity contribution >= 4 is 23.2 Å². The summed E-state index contributed by atoms with van der Waals surface area (Å²) in [5, 5.41) is 13.7. The molecule has 102 valence electrons. The van der Waals surface area contributed by atoms with E-state index in [0.29, 0.717) is 17.1 Å². The van der Waals surface area contributed by atoms with Crippen molar-refractivity contribution in [2.24, 2.45) is 0 Å². The van der Waals surface area contributed by atoms with Gasteiger partial charge >= 0.3 is 0 Å². The first-order valence-electron chi connectivity index (χ1n) is 5.45. The van der Waals surface area contributed by atoms with Crippen LogP contribution in [0.4, 0.5) is 0 Å². The summed E-state index contributed by atoms with van der Waals surface area (Å²) < 4.78 is 10.3. The zero-order chi connectivity index (χ0) is 13.7. The van der Waals surface area contributed by atoms with Crippen molar-refractivity contribution in [1.82, 2.24) is 5.32 Å². The maximum absolute atomic E-state index is 9.79. The Hall–Kier alpha value is -0.520. The first kappa shape index (κ1) is 15.5. The Kier molecular flexibility index (Phi) is 6.18. The van der Waals surface area contributed by atoms with E-state index in [-0.39, 0.29) is 23.1 Å². The first-order valence-corrected chi connectivity index (χ1v) is 6.21. The summed E-state index contributed by atoms with van der Waals surface area (Å²) in [6.45, 7) is 2.33. The van der Waals surface area contributed by atoms with Gasteiger partial charge in [-0.05, 0) is 19.1 Å². The molecule has 0 saturated heterocycles. The minimum Gasteiger partial charge on any atom is -0.506 e. The fourth-order valence-electron chi connectivity index (χ4n) is 1.63.